The van der Waals surface area contributed by atoms with Crippen LogP contribution in [0.3, 0.4) is 0 Å². The molecule has 130 valence electrons. The van der Waals surface area contributed by atoms with Gasteiger partial charge in [-0.1, -0.05) is 11.6 Å². The summed E-state index contributed by atoms with van der Waals surface area (Å²) >= 11 is 6.00. The van der Waals surface area contributed by atoms with E-state index in [1.54, 1.807) is 16.9 Å². The fourth-order valence-corrected chi connectivity index (χ4v) is 3.72. The highest BCUT2D eigenvalue weighted by Gasteiger charge is 2.27. The fraction of sp³-hybridized carbons (Fsp3) is 0.333. The van der Waals surface area contributed by atoms with Crippen LogP contribution in [0, 0.1) is 0 Å². The van der Waals surface area contributed by atoms with Crippen molar-refractivity contribution in [2.75, 3.05) is 11.1 Å². The lowest BCUT2D eigenvalue weighted by atomic mass is 9.81. The maximum absolute atomic E-state index is 6.34. The summed E-state index contributed by atoms with van der Waals surface area (Å²) < 4.78 is 1.71. The van der Waals surface area contributed by atoms with Crippen molar-refractivity contribution in [3.05, 3.63) is 47.2 Å². The highest BCUT2D eigenvalue weighted by Crippen LogP contribution is 2.41. The number of halogens is 1. The number of imidazole rings is 1. The van der Waals surface area contributed by atoms with Crippen LogP contribution in [0.1, 0.15) is 37.2 Å². The van der Waals surface area contributed by atoms with Gasteiger partial charge in [-0.3, -0.25) is 0 Å². The molecule has 2 heterocycles. The van der Waals surface area contributed by atoms with Crippen molar-refractivity contribution in [1.29, 1.82) is 0 Å². The molecule has 0 spiro atoms. The molecule has 0 bridgehead atoms. The van der Waals surface area contributed by atoms with Crippen LogP contribution in [0.5, 0.6) is 0 Å². The van der Waals surface area contributed by atoms with Crippen LogP contribution in [-0.2, 0) is 0 Å². The molecule has 3 aromatic rings. The first-order valence-electron chi connectivity index (χ1n) is 8.52. The van der Waals surface area contributed by atoms with Crippen LogP contribution in [0.15, 0.2) is 36.7 Å². The molecule has 0 atom stereocenters. The number of fused-ring (bicyclic) bond motifs is 1. The van der Waals surface area contributed by atoms with E-state index in [2.05, 4.69) is 15.4 Å². The molecular formula is C18H21ClN6. The summed E-state index contributed by atoms with van der Waals surface area (Å²) in [6, 6.07) is 7.89. The number of anilines is 3. The largest absolute Gasteiger partial charge is 0.382 e. The van der Waals surface area contributed by atoms with Crippen molar-refractivity contribution in [3.63, 3.8) is 0 Å². The number of hydrogen-bond acceptors (Lipinski definition) is 5. The molecule has 25 heavy (non-hydrogen) atoms. The standard InChI is InChI=1S/C18H21ClN6/c19-12-3-7-14(8-4-12)23-16-15(11-1-5-13(20)6-2-11)17(21)24-25-10-9-22-18(16)25/h3-4,7-11,13,23H,1-2,5-6,20H2,(H2,21,24)/t11-,13-. The Hall–Kier alpha value is -2.31. The van der Waals surface area contributed by atoms with E-state index in [4.69, 9.17) is 23.1 Å². The van der Waals surface area contributed by atoms with E-state index in [-0.39, 0.29) is 6.04 Å². The lowest BCUT2D eigenvalue weighted by Gasteiger charge is -2.28. The molecule has 1 aliphatic carbocycles. The van der Waals surface area contributed by atoms with Crippen LogP contribution in [0.25, 0.3) is 5.65 Å². The van der Waals surface area contributed by atoms with Crippen molar-refractivity contribution in [1.82, 2.24) is 14.6 Å². The first-order chi connectivity index (χ1) is 12.1. The Kier molecular flexibility index (Phi) is 4.23. The van der Waals surface area contributed by atoms with E-state index in [0.29, 0.717) is 16.8 Å². The number of hydrogen-bond donors (Lipinski definition) is 3. The van der Waals surface area contributed by atoms with Gasteiger partial charge in [0.15, 0.2) is 5.65 Å². The second-order valence-corrected chi connectivity index (χ2v) is 7.05. The first kappa shape index (κ1) is 16.2. The Bertz CT molecular complexity index is 880. The molecule has 0 radical (unpaired) electrons. The van der Waals surface area contributed by atoms with Gasteiger partial charge < -0.3 is 16.8 Å². The number of nitrogen functional groups attached to an aromatic ring is 1. The van der Waals surface area contributed by atoms with Crippen molar-refractivity contribution in [2.45, 2.75) is 37.6 Å². The van der Waals surface area contributed by atoms with Gasteiger partial charge >= 0.3 is 0 Å². The van der Waals surface area contributed by atoms with E-state index >= 15 is 0 Å². The second-order valence-electron chi connectivity index (χ2n) is 6.61. The Labute approximate surface area is 151 Å². The van der Waals surface area contributed by atoms with Crippen LogP contribution in [0.4, 0.5) is 17.2 Å². The summed E-state index contributed by atoms with van der Waals surface area (Å²) in [5.74, 6) is 0.881. The zero-order chi connectivity index (χ0) is 17.4. The van der Waals surface area contributed by atoms with Gasteiger partial charge in [-0.15, -0.1) is 5.10 Å². The molecule has 5 N–H and O–H groups in total. The molecule has 6 nitrogen and oxygen atoms in total. The Morgan fingerprint density at radius 3 is 2.56 bits per heavy atom. The maximum atomic E-state index is 6.34. The topological polar surface area (TPSA) is 94.3 Å². The fourth-order valence-electron chi connectivity index (χ4n) is 3.60. The van der Waals surface area contributed by atoms with E-state index in [0.717, 1.165) is 48.3 Å². The molecule has 0 saturated heterocycles. The summed E-state index contributed by atoms with van der Waals surface area (Å²) in [5.41, 5.74) is 16.1. The third-order valence-electron chi connectivity index (χ3n) is 4.90. The average molecular weight is 357 g/mol. The van der Waals surface area contributed by atoms with Crippen molar-refractivity contribution in [3.8, 4) is 0 Å². The molecule has 1 saturated carbocycles. The number of rotatable bonds is 3. The SMILES string of the molecule is Nc1nn2ccnc2c(Nc2ccc(Cl)cc2)c1[C@H]1CC[C@H](N)CC1. The van der Waals surface area contributed by atoms with Crippen molar-refractivity contribution in [2.24, 2.45) is 5.73 Å². The number of aromatic nitrogens is 3. The average Bonchev–Trinajstić information content (AvgIpc) is 3.06. The highest BCUT2D eigenvalue weighted by molar-refractivity contribution is 6.30. The zero-order valence-corrected chi connectivity index (χ0v) is 14.6. The first-order valence-corrected chi connectivity index (χ1v) is 8.90. The second kappa shape index (κ2) is 6.54. The number of nitrogens with one attached hydrogen (secondary N) is 1. The molecule has 0 aliphatic heterocycles. The van der Waals surface area contributed by atoms with Crippen molar-refractivity contribution < 1.29 is 0 Å². The third-order valence-corrected chi connectivity index (χ3v) is 5.15. The van der Waals surface area contributed by atoms with E-state index in [9.17, 15) is 0 Å². The zero-order valence-electron chi connectivity index (χ0n) is 13.8. The van der Waals surface area contributed by atoms with Gasteiger partial charge in [0, 0.05) is 34.7 Å². The molecule has 1 aromatic carbocycles. The van der Waals surface area contributed by atoms with Gasteiger partial charge in [0.2, 0.25) is 0 Å². The van der Waals surface area contributed by atoms with Gasteiger partial charge in [-0.25, -0.2) is 9.50 Å². The van der Waals surface area contributed by atoms with Gasteiger partial charge in [-0.05, 0) is 55.9 Å². The summed E-state index contributed by atoms with van der Waals surface area (Å²) in [5, 5.41) is 8.67. The smallest absolute Gasteiger partial charge is 0.177 e. The minimum Gasteiger partial charge on any atom is -0.382 e. The summed E-state index contributed by atoms with van der Waals surface area (Å²) in [7, 11) is 0. The van der Waals surface area contributed by atoms with Gasteiger partial charge in [0.1, 0.15) is 5.82 Å². The predicted octanol–water partition coefficient (Wildman–Crippen LogP) is 3.69. The molecule has 7 heteroatoms. The predicted molar refractivity (Wildman–Crippen MR) is 101 cm³/mol. The summed E-state index contributed by atoms with van der Waals surface area (Å²) in [6.45, 7) is 0. The van der Waals surface area contributed by atoms with Gasteiger partial charge in [-0.2, -0.15) is 0 Å². The lowest BCUT2D eigenvalue weighted by Crippen LogP contribution is -2.26. The van der Waals surface area contributed by atoms with Crippen molar-refractivity contribution >= 4 is 34.4 Å². The lowest BCUT2D eigenvalue weighted by molar-refractivity contribution is 0.396. The summed E-state index contributed by atoms with van der Waals surface area (Å²) in [4.78, 5) is 4.48. The van der Waals surface area contributed by atoms with Crippen LogP contribution in [-0.4, -0.2) is 20.6 Å². The summed E-state index contributed by atoms with van der Waals surface area (Å²) in [6.07, 6.45) is 7.57. The third kappa shape index (κ3) is 3.15. The monoisotopic (exact) mass is 356 g/mol. The molecule has 2 aromatic heterocycles. The van der Waals surface area contributed by atoms with Crippen LogP contribution in [0.2, 0.25) is 5.02 Å². The van der Waals surface area contributed by atoms with Crippen LogP contribution < -0.4 is 16.8 Å². The van der Waals surface area contributed by atoms with Crippen LogP contribution >= 0.6 is 11.6 Å². The number of nitrogens with two attached hydrogens (primary N) is 2. The normalized spacial score (nSPS) is 20.7. The molecular weight excluding hydrogens is 336 g/mol. The number of benzene rings is 1. The maximum Gasteiger partial charge on any atom is 0.177 e. The Balaban J connectivity index is 1.80. The molecule has 0 unspecified atom stereocenters. The molecule has 1 aliphatic rings. The van der Waals surface area contributed by atoms with Gasteiger partial charge in [0.05, 0.1) is 5.69 Å². The van der Waals surface area contributed by atoms with E-state index in [1.807, 2.05) is 24.3 Å². The van der Waals surface area contributed by atoms with Gasteiger partial charge in [0.25, 0.3) is 0 Å². The molecule has 0 amide bonds. The Morgan fingerprint density at radius 2 is 1.84 bits per heavy atom. The molecule has 1 fully saturated rings. The highest BCUT2D eigenvalue weighted by atomic mass is 35.5. The minimum absolute atomic E-state index is 0.285. The minimum atomic E-state index is 0.285. The Morgan fingerprint density at radius 1 is 1.12 bits per heavy atom. The molecule has 4 rings (SSSR count). The quantitative estimate of drug-likeness (QED) is 0.665. The number of nitrogens with zero attached hydrogens (tertiary/aromatic N) is 3. The van der Waals surface area contributed by atoms with E-state index in [1.165, 1.54) is 0 Å². The van der Waals surface area contributed by atoms with E-state index < -0.39 is 0 Å².